The maximum atomic E-state index is 3.18. The van der Waals surface area contributed by atoms with Crippen LogP contribution in [0.15, 0.2) is 30.5 Å². The van der Waals surface area contributed by atoms with Gasteiger partial charge in [-0.3, -0.25) is 0 Å². The summed E-state index contributed by atoms with van der Waals surface area (Å²) in [5.41, 5.74) is 2.32. The minimum atomic E-state index is 1.15. The molecule has 0 saturated heterocycles. The van der Waals surface area contributed by atoms with E-state index in [2.05, 4.69) is 28.5 Å². The van der Waals surface area contributed by atoms with Gasteiger partial charge in [0.15, 0.2) is 0 Å². The summed E-state index contributed by atoms with van der Waals surface area (Å²) >= 11 is 0. The average Bonchev–Trinajstić information content (AvgIpc) is 2.68. The summed E-state index contributed by atoms with van der Waals surface area (Å²) < 4.78 is 0. The third kappa shape index (κ3) is 1.83. The van der Waals surface area contributed by atoms with Crippen LogP contribution in [0.2, 0.25) is 0 Å². The molecule has 0 amide bonds. The van der Waals surface area contributed by atoms with E-state index in [0.29, 0.717) is 0 Å². The van der Waals surface area contributed by atoms with E-state index in [4.69, 9.17) is 0 Å². The average molecular weight is 176 g/mol. The van der Waals surface area contributed by atoms with E-state index in [9.17, 15) is 0 Å². The quantitative estimate of drug-likeness (QED) is 0.686. The van der Waals surface area contributed by atoms with Crippen molar-refractivity contribution in [2.75, 3.05) is 12.4 Å². The van der Waals surface area contributed by atoms with Crippen molar-refractivity contribution >= 4 is 16.6 Å². The molecule has 0 aliphatic carbocycles. The number of aromatic amines is 1. The summed E-state index contributed by atoms with van der Waals surface area (Å²) in [7, 11) is 1.93. The van der Waals surface area contributed by atoms with Crippen LogP contribution in [0.5, 0.6) is 0 Å². The maximum Gasteiger partial charge on any atom is 0.0689 e. The van der Waals surface area contributed by atoms with E-state index in [1.54, 1.807) is 0 Å². The number of para-hydroxylation sites is 1. The minimum absolute atomic E-state index is 1.15. The Balaban J connectivity index is 0.000000396. The van der Waals surface area contributed by atoms with Crippen LogP contribution in [0.25, 0.3) is 10.9 Å². The topological polar surface area (TPSA) is 27.8 Å². The predicted molar refractivity (Wildman–Crippen MR) is 59.2 cm³/mol. The lowest BCUT2D eigenvalue weighted by atomic mass is 10.2. The molecule has 0 radical (unpaired) electrons. The van der Waals surface area contributed by atoms with Crippen molar-refractivity contribution in [1.29, 1.82) is 0 Å². The SMILES string of the molecule is CC.CNc1cccc2cc[nH]c12. The zero-order valence-electron chi connectivity index (χ0n) is 8.39. The summed E-state index contributed by atoms with van der Waals surface area (Å²) in [6.45, 7) is 4.00. The fourth-order valence-corrected chi connectivity index (χ4v) is 1.29. The van der Waals surface area contributed by atoms with Gasteiger partial charge in [-0.25, -0.2) is 0 Å². The Morgan fingerprint density at radius 1 is 1.15 bits per heavy atom. The van der Waals surface area contributed by atoms with Gasteiger partial charge in [-0.05, 0) is 12.1 Å². The van der Waals surface area contributed by atoms with E-state index in [-0.39, 0.29) is 0 Å². The number of H-pyrrole nitrogens is 1. The lowest BCUT2D eigenvalue weighted by molar-refractivity contribution is 1.45. The monoisotopic (exact) mass is 176 g/mol. The molecule has 2 nitrogen and oxygen atoms in total. The van der Waals surface area contributed by atoms with E-state index < -0.39 is 0 Å². The predicted octanol–water partition coefficient (Wildman–Crippen LogP) is 3.24. The third-order valence-electron chi connectivity index (χ3n) is 1.86. The van der Waals surface area contributed by atoms with Crippen molar-refractivity contribution in [3.05, 3.63) is 30.5 Å². The van der Waals surface area contributed by atoms with Gasteiger partial charge in [0.05, 0.1) is 11.2 Å². The maximum absolute atomic E-state index is 3.18. The Labute approximate surface area is 79.0 Å². The fourth-order valence-electron chi connectivity index (χ4n) is 1.29. The zero-order chi connectivity index (χ0) is 9.68. The van der Waals surface area contributed by atoms with Crippen LogP contribution < -0.4 is 5.32 Å². The molecule has 1 aromatic carbocycles. The van der Waals surface area contributed by atoms with Crippen molar-refractivity contribution in [2.24, 2.45) is 0 Å². The summed E-state index contributed by atoms with van der Waals surface area (Å²) in [5.74, 6) is 0. The molecule has 0 saturated carbocycles. The lowest BCUT2D eigenvalue weighted by Crippen LogP contribution is -1.87. The third-order valence-corrected chi connectivity index (χ3v) is 1.86. The second-order valence-electron chi connectivity index (χ2n) is 2.50. The second kappa shape index (κ2) is 4.55. The first kappa shape index (κ1) is 9.65. The van der Waals surface area contributed by atoms with Crippen molar-refractivity contribution < 1.29 is 0 Å². The molecule has 0 unspecified atom stereocenters. The normalized spacial score (nSPS) is 9.15. The molecule has 1 aromatic heterocycles. The van der Waals surface area contributed by atoms with E-state index in [1.807, 2.05) is 33.2 Å². The molecule has 0 atom stereocenters. The number of nitrogens with one attached hydrogen (secondary N) is 2. The number of hydrogen-bond acceptors (Lipinski definition) is 1. The highest BCUT2D eigenvalue weighted by molar-refractivity contribution is 5.90. The number of rotatable bonds is 1. The summed E-state index contributed by atoms with van der Waals surface area (Å²) in [4.78, 5) is 3.18. The Bertz CT molecular complexity index is 363. The highest BCUT2D eigenvalue weighted by atomic mass is 14.8. The van der Waals surface area contributed by atoms with E-state index in [0.717, 1.165) is 5.69 Å². The van der Waals surface area contributed by atoms with Crippen LogP contribution in [0.1, 0.15) is 13.8 Å². The molecule has 2 aromatic rings. The number of hydrogen-bond donors (Lipinski definition) is 2. The molecule has 2 N–H and O–H groups in total. The van der Waals surface area contributed by atoms with Gasteiger partial charge < -0.3 is 10.3 Å². The first-order valence-electron chi connectivity index (χ1n) is 4.65. The fraction of sp³-hybridized carbons (Fsp3) is 0.273. The van der Waals surface area contributed by atoms with E-state index in [1.165, 1.54) is 10.9 Å². The summed E-state index contributed by atoms with van der Waals surface area (Å²) in [5, 5.41) is 4.37. The molecule has 0 fully saturated rings. The highest BCUT2D eigenvalue weighted by Gasteiger charge is 1.96. The number of fused-ring (bicyclic) bond motifs is 1. The van der Waals surface area contributed by atoms with Crippen molar-refractivity contribution in [3.63, 3.8) is 0 Å². The molecule has 0 bridgehead atoms. The number of aromatic nitrogens is 1. The molecule has 70 valence electrons. The second-order valence-corrected chi connectivity index (χ2v) is 2.50. The van der Waals surface area contributed by atoms with Crippen molar-refractivity contribution in [2.45, 2.75) is 13.8 Å². The Kier molecular flexibility index (Phi) is 3.38. The molecule has 0 aliphatic rings. The number of anilines is 1. The molecule has 2 heteroatoms. The van der Waals surface area contributed by atoms with Crippen LogP contribution in [-0.2, 0) is 0 Å². The van der Waals surface area contributed by atoms with Crippen LogP contribution in [0, 0.1) is 0 Å². The van der Waals surface area contributed by atoms with Crippen molar-refractivity contribution in [1.82, 2.24) is 4.98 Å². The van der Waals surface area contributed by atoms with Crippen LogP contribution in [0.4, 0.5) is 5.69 Å². The highest BCUT2D eigenvalue weighted by Crippen LogP contribution is 2.20. The molecule has 0 spiro atoms. The Morgan fingerprint density at radius 2 is 1.92 bits per heavy atom. The first-order chi connectivity index (χ1) is 6.42. The van der Waals surface area contributed by atoms with Gasteiger partial charge >= 0.3 is 0 Å². The van der Waals surface area contributed by atoms with Gasteiger partial charge in [0, 0.05) is 18.6 Å². The van der Waals surface area contributed by atoms with E-state index >= 15 is 0 Å². The Morgan fingerprint density at radius 3 is 2.62 bits per heavy atom. The van der Waals surface area contributed by atoms with Gasteiger partial charge in [0.25, 0.3) is 0 Å². The van der Waals surface area contributed by atoms with Crippen LogP contribution in [-0.4, -0.2) is 12.0 Å². The zero-order valence-corrected chi connectivity index (χ0v) is 8.39. The van der Waals surface area contributed by atoms with Crippen LogP contribution >= 0.6 is 0 Å². The molecule has 0 aliphatic heterocycles. The Hall–Kier alpha value is -1.44. The van der Waals surface area contributed by atoms with Gasteiger partial charge in [0.2, 0.25) is 0 Å². The molecule has 2 rings (SSSR count). The summed E-state index contributed by atoms with van der Waals surface area (Å²) in [6.07, 6.45) is 1.95. The molecule has 13 heavy (non-hydrogen) atoms. The van der Waals surface area contributed by atoms with Gasteiger partial charge in [-0.15, -0.1) is 0 Å². The first-order valence-corrected chi connectivity index (χ1v) is 4.65. The molecule has 1 heterocycles. The minimum Gasteiger partial charge on any atom is -0.386 e. The summed E-state index contributed by atoms with van der Waals surface area (Å²) in [6, 6.07) is 8.25. The van der Waals surface area contributed by atoms with Gasteiger partial charge in [-0.1, -0.05) is 26.0 Å². The van der Waals surface area contributed by atoms with Gasteiger partial charge in [0.1, 0.15) is 0 Å². The van der Waals surface area contributed by atoms with Crippen LogP contribution in [0.3, 0.4) is 0 Å². The molecular weight excluding hydrogens is 160 g/mol. The van der Waals surface area contributed by atoms with Gasteiger partial charge in [-0.2, -0.15) is 0 Å². The standard InChI is InChI=1S/C9H10N2.C2H6/c1-10-8-4-2-3-7-5-6-11-9(7)8;1-2/h2-6,10-11H,1H3;1-2H3. The van der Waals surface area contributed by atoms with Crippen molar-refractivity contribution in [3.8, 4) is 0 Å². The molecular formula is C11H16N2. The smallest absolute Gasteiger partial charge is 0.0689 e. The largest absolute Gasteiger partial charge is 0.386 e. The number of benzene rings is 1. The lowest BCUT2D eigenvalue weighted by Gasteiger charge is -1.99.